The Morgan fingerprint density at radius 1 is 1.37 bits per heavy atom. The van der Waals surface area contributed by atoms with Gasteiger partial charge in [-0.3, -0.25) is 4.79 Å². The third-order valence-corrected chi connectivity index (χ3v) is 2.51. The number of nitrogens with one attached hydrogen (secondary N) is 1. The smallest absolute Gasteiger partial charge is 0.356 e. The maximum Gasteiger partial charge on any atom is 0.356 e. The summed E-state index contributed by atoms with van der Waals surface area (Å²) in [5.41, 5.74) is 0.212. The number of aromatic nitrogens is 1. The van der Waals surface area contributed by atoms with Gasteiger partial charge in [0.15, 0.2) is 0 Å². The summed E-state index contributed by atoms with van der Waals surface area (Å²) in [4.78, 5) is 27.3. The van der Waals surface area contributed by atoms with Gasteiger partial charge in [0.25, 0.3) is 5.91 Å². The zero-order valence-electron chi connectivity index (χ0n) is 11.0. The van der Waals surface area contributed by atoms with Crippen LogP contribution in [0.5, 0.6) is 0 Å². The van der Waals surface area contributed by atoms with E-state index < -0.39 is 11.9 Å². The summed E-state index contributed by atoms with van der Waals surface area (Å²) in [6.07, 6.45) is 0.611. The van der Waals surface area contributed by atoms with Gasteiger partial charge in [-0.1, -0.05) is 13.0 Å². The van der Waals surface area contributed by atoms with Crippen LogP contribution in [0.1, 0.15) is 41.2 Å². The van der Waals surface area contributed by atoms with Crippen molar-refractivity contribution in [3.8, 4) is 0 Å². The van der Waals surface area contributed by atoms with E-state index in [-0.39, 0.29) is 30.6 Å². The molecule has 0 saturated carbocycles. The first kappa shape index (κ1) is 15.1. The highest BCUT2D eigenvalue weighted by atomic mass is 16.5. The third kappa shape index (κ3) is 4.33. The number of aliphatic hydroxyl groups excluding tert-OH is 1. The molecule has 0 aromatic carbocycles. The first-order chi connectivity index (χ1) is 9.12. The highest BCUT2D eigenvalue weighted by Crippen LogP contribution is 2.03. The van der Waals surface area contributed by atoms with Gasteiger partial charge in [0, 0.05) is 0 Å². The van der Waals surface area contributed by atoms with Crippen LogP contribution in [0.3, 0.4) is 0 Å². The summed E-state index contributed by atoms with van der Waals surface area (Å²) >= 11 is 0. The topological polar surface area (TPSA) is 88.5 Å². The lowest BCUT2D eigenvalue weighted by molar-refractivity contribution is 0.0519. The molecule has 19 heavy (non-hydrogen) atoms. The molecule has 6 nitrogen and oxygen atoms in total. The second-order valence-corrected chi connectivity index (χ2v) is 3.89. The van der Waals surface area contributed by atoms with E-state index in [0.717, 1.165) is 0 Å². The molecule has 0 bridgehead atoms. The molecule has 0 aliphatic heterocycles. The van der Waals surface area contributed by atoms with Gasteiger partial charge >= 0.3 is 5.97 Å². The van der Waals surface area contributed by atoms with Crippen LogP contribution in [-0.2, 0) is 4.74 Å². The number of pyridine rings is 1. The number of carbonyl (C=O) groups excluding carboxylic acids is 2. The lowest BCUT2D eigenvalue weighted by Crippen LogP contribution is -2.37. The monoisotopic (exact) mass is 266 g/mol. The van der Waals surface area contributed by atoms with E-state index in [4.69, 9.17) is 9.84 Å². The summed E-state index contributed by atoms with van der Waals surface area (Å²) in [6, 6.07) is 4.23. The quantitative estimate of drug-likeness (QED) is 0.742. The second-order valence-electron chi connectivity index (χ2n) is 3.89. The maximum atomic E-state index is 11.9. The number of rotatable bonds is 6. The van der Waals surface area contributed by atoms with Crippen molar-refractivity contribution in [2.45, 2.75) is 26.3 Å². The fraction of sp³-hybridized carbons (Fsp3) is 0.462. The number of esters is 1. The van der Waals surface area contributed by atoms with Crippen LogP contribution in [0, 0.1) is 0 Å². The Kier molecular flexibility index (Phi) is 5.95. The van der Waals surface area contributed by atoms with Gasteiger partial charge in [0.2, 0.25) is 0 Å². The maximum absolute atomic E-state index is 11.9. The van der Waals surface area contributed by atoms with Gasteiger partial charge in [-0.15, -0.1) is 0 Å². The van der Waals surface area contributed by atoms with Gasteiger partial charge in [0.05, 0.1) is 19.3 Å². The summed E-state index contributed by atoms with van der Waals surface area (Å²) in [5, 5.41) is 11.7. The fourth-order valence-electron chi connectivity index (χ4n) is 1.42. The average Bonchev–Trinajstić information content (AvgIpc) is 2.44. The third-order valence-electron chi connectivity index (χ3n) is 2.51. The minimum absolute atomic E-state index is 0.0894. The Morgan fingerprint density at radius 2 is 2.05 bits per heavy atom. The molecule has 0 fully saturated rings. The van der Waals surface area contributed by atoms with Crippen molar-refractivity contribution >= 4 is 11.9 Å². The highest BCUT2D eigenvalue weighted by molar-refractivity contribution is 5.94. The van der Waals surface area contributed by atoms with Crippen molar-refractivity contribution in [1.82, 2.24) is 10.3 Å². The van der Waals surface area contributed by atoms with Crippen molar-refractivity contribution < 1.29 is 19.4 Å². The van der Waals surface area contributed by atoms with Crippen LogP contribution < -0.4 is 5.32 Å². The molecule has 1 aromatic heterocycles. The number of nitrogens with zero attached hydrogens (tertiary/aromatic N) is 1. The molecule has 1 amide bonds. The minimum Gasteiger partial charge on any atom is -0.461 e. The van der Waals surface area contributed by atoms with Crippen molar-refractivity contribution in [3.63, 3.8) is 0 Å². The summed E-state index contributed by atoms with van der Waals surface area (Å²) < 4.78 is 4.81. The number of carbonyl (C=O) groups is 2. The molecule has 0 aliphatic rings. The zero-order chi connectivity index (χ0) is 14.3. The van der Waals surface area contributed by atoms with Crippen LogP contribution in [0.2, 0.25) is 0 Å². The van der Waals surface area contributed by atoms with E-state index in [1.54, 1.807) is 13.0 Å². The van der Waals surface area contributed by atoms with E-state index in [9.17, 15) is 9.59 Å². The molecule has 1 atom stereocenters. The molecule has 1 heterocycles. The molecule has 6 heteroatoms. The zero-order valence-corrected chi connectivity index (χ0v) is 11.0. The lowest BCUT2D eigenvalue weighted by atomic mass is 10.2. The molecule has 0 aliphatic carbocycles. The first-order valence-electron chi connectivity index (χ1n) is 6.18. The van der Waals surface area contributed by atoms with Crippen LogP contribution in [0.15, 0.2) is 18.2 Å². The summed E-state index contributed by atoms with van der Waals surface area (Å²) in [6.45, 7) is 3.66. The van der Waals surface area contributed by atoms with Gasteiger partial charge in [0.1, 0.15) is 11.4 Å². The number of aliphatic hydroxyl groups is 1. The van der Waals surface area contributed by atoms with E-state index >= 15 is 0 Å². The predicted octanol–water partition coefficient (Wildman–Crippen LogP) is 0.759. The molecular formula is C13H18N2O4. The van der Waals surface area contributed by atoms with Gasteiger partial charge < -0.3 is 15.2 Å². The van der Waals surface area contributed by atoms with Crippen molar-refractivity contribution in [2.24, 2.45) is 0 Å². The molecule has 2 N–H and O–H groups in total. The van der Waals surface area contributed by atoms with Crippen molar-refractivity contribution in [1.29, 1.82) is 0 Å². The Labute approximate surface area is 111 Å². The van der Waals surface area contributed by atoms with E-state index in [1.165, 1.54) is 12.1 Å². The normalized spacial score (nSPS) is 11.7. The summed E-state index contributed by atoms with van der Waals surface area (Å²) in [5.74, 6) is -0.988. The largest absolute Gasteiger partial charge is 0.461 e. The number of hydrogen-bond donors (Lipinski definition) is 2. The van der Waals surface area contributed by atoms with Crippen molar-refractivity contribution in [2.75, 3.05) is 13.2 Å². The molecule has 1 aromatic rings. The Morgan fingerprint density at radius 3 is 2.63 bits per heavy atom. The van der Waals surface area contributed by atoms with E-state index in [1.807, 2.05) is 6.92 Å². The Hall–Kier alpha value is -1.95. The molecule has 104 valence electrons. The Bertz CT molecular complexity index is 444. The average molecular weight is 266 g/mol. The van der Waals surface area contributed by atoms with E-state index in [0.29, 0.717) is 6.42 Å². The fourth-order valence-corrected chi connectivity index (χ4v) is 1.42. The van der Waals surface area contributed by atoms with Crippen LogP contribution in [0.4, 0.5) is 0 Å². The highest BCUT2D eigenvalue weighted by Gasteiger charge is 2.15. The molecule has 1 rings (SSSR count). The van der Waals surface area contributed by atoms with Gasteiger partial charge in [-0.2, -0.15) is 0 Å². The van der Waals surface area contributed by atoms with Crippen LogP contribution >= 0.6 is 0 Å². The standard InChI is InChI=1S/C13H18N2O4/c1-3-9(8-16)14-12(17)10-6-5-7-11(15-10)13(18)19-4-2/h5-7,9,16H,3-4,8H2,1-2H3,(H,14,17). The molecule has 0 radical (unpaired) electrons. The van der Waals surface area contributed by atoms with Gasteiger partial charge in [-0.05, 0) is 25.5 Å². The van der Waals surface area contributed by atoms with E-state index in [2.05, 4.69) is 10.3 Å². The van der Waals surface area contributed by atoms with Crippen LogP contribution in [-0.4, -0.2) is 41.2 Å². The lowest BCUT2D eigenvalue weighted by Gasteiger charge is -2.13. The van der Waals surface area contributed by atoms with Crippen LogP contribution in [0.25, 0.3) is 0 Å². The number of amides is 1. The van der Waals surface area contributed by atoms with Crippen molar-refractivity contribution in [3.05, 3.63) is 29.6 Å². The number of hydrogen-bond acceptors (Lipinski definition) is 5. The second kappa shape index (κ2) is 7.48. The minimum atomic E-state index is -0.564. The Balaban J connectivity index is 2.81. The molecular weight excluding hydrogens is 248 g/mol. The molecule has 0 saturated heterocycles. The molecule has 0 spiro atoms. The number of ether oxygens (including phenoxy) is 1. The SMILES string of the molecule is CCOC(=O)c1cccc(C(=O)NC(CC)CO)n1. The van der Waals surface area contributed by atoms with Gasteiger partial charge in [-0.25, -0.2) is 9.78 Å². The first-order valence-corrected chi connectivity index (χ1v) is 6.18. The summed E-state index contributed by atoms with van der Waals surface area (Å²) in [7, 11) is 0. The molecule has 1 unspecified atom stereocenters. The predicted molar refractivity (Wildman–Crippen MR) is 68.8 cm³/mol.